The highest BCUT2D eigenvalue weighted by Crippen LogP contribution is 2.15. The number of hydrogen-bond donors (Lipinski definition) is 3. The molecule has 0 saturated heterocycles. The maximum atomic E-state index is 11.9. The fourth-order valence-electron chi connectivity index (χ4n) is 1.98. The Morgan fingerprint density at radius 2 is 1.75 bits per heavy atom. The summed E-state index contributed by atoms with van der Waals surface area (Å²) in [5, 5.41) is 5.41. The van der Waals surface area contributed by atoms with Crippen LogP contribution in [0.5, 0.6) is 5.75 Å². The molecule has 0 aliphatic rings. The van der Waals surface area contributed by atoms with Crippen molar-refractivity contribution < 1.29 is 17.9 Å². The van der Waals surface area contributed by atoms with Gasteiger partial charge in [0.2, 0.25) is 10.0 Å². The van der Waals surface area contributed by atoms with Crippen LogP contribution in [-0.4, -0.2) is 27.8 Å². The number of rotatable bonds is 6. The molecule has 0 aliphatic carbocycles. The number of hydrogen-bond acceptors (Lipinski definition) is 4. The fraction of sp³-hybridized carbons (Fsp3) is 0.188. The van der Waals surface area contributed by atoms with E-state index in [0.717, 1.165) is 17.6 Å². The van der Waals surface area contributed by atoms with Crippen molar-refractivity contribution in [2.75, 3.05) is 23.4 Å². The van der Waals surface area contributed by atoms with Crippen LogP contribution < -0.4 is 20.1 Å². The van der Waals surface area contributed by atoms with Crippen LogP contribution >= 0.6 is 0 Å². The molecule has 24 heavy (non-hydrogen) atoms. The Labute approximate surface area is 141 Å². The Bertz CT molecular complexity index is 804. The first-order valence-electron chi connectivity index (χ1n) is 7.11. The molecule has 0 spiro atoms. The molecule has 8 heteroatoms. The van der Waals surface area contributed by atoms with Crippen molar-refractivity contribution in [2.24, 2.45) is 0 Å². The maximum absolute atomic E-state index is 11.9. The lowest BCUT2D eigenvalue weighted by molar-refractivity contribution is 0.251. The van der Waals surface area contributed by atoms with Gasteiger partial charge in [0.1, 0.15) is 5.75 Å². The topological polar surface area (TPSA) is 96.5 Å². The monoisotopic (exact) mass is 349 g/mol. The van der Waals surface area contributed by atoms with Gasteiger partial charge in [-0.15, -0.1) is 0 Å². The predicted molar refractivity (Wildman–Crippen MR) is 93.8 cm³/mol. The van der Waals surface area contributed by atoms with Crippen molar-refractivity contribution in [1.29, 1.82) is 0 Å². The van der Waals surface area contributed by atoms with E-state index in [2.05, 4.69) is 15.4 Å². The van der Waals surface area contributed by atoms with Crippen LogP contribution in [0.15, 0.2) is 48.5 Å². The van der Waals surface area contributed by atoms with Crippen LogP contribution in [0.3, 0.4) is 0 Å². The van der Waals surface area contributed by atoms with Gasteiger partial charge >= 0.3 is 6.03 Å². The number of carbonyl (C=O) groups excluding carboxylic acids is 1. The summed E-state index contributed by atoms with van der Waals surface area (Å²) in [5.74, 6) is 0.726. The van der Waals surface area contributed by atoms with Gasteiger partial charge in [-0.3, -0.25) is 4.72 Å². The second kappa shape index (κ2) is 7.69. The number of urea groups is 1. The van der Waals surface area contributed by atoms with Crippen LogP contribution in [-0.2, 0) is 16.6 Å². The van der Waals surface area contributed by atoms with Crippen molar-refractivity contribution in [3.05, 3.63) is 54.1 Å². The lowest BCUT2D eigenvalue weighted by atomic mass is 10.2. The molecule has 2 aromatic carbocycles. The normalized spacial score (nSPS) is 10.8. The summed E-state index contributed by atoms with van der Waals surface area (Å²) in [6.07, 6.45) is 1.07. The molecule has 7 nitrogen and oxygen atoms in total. The van der Waals surface area contributed by atoms with Gasteiger partial charge in [-0.25, -0.2) is 13.2 Å². The number of anilines is 2. The number of amides is 2. The van der Waals surface area contributed by atoms with Gasteiger partial charge in [-0.05, 0) is 42.0 Å². The molecule has 0 fully saturated rings. The first-order chi connectivity index (χ1) is 11.4. The minimum Gasteiger partial charge on any atom is -0.497 e. The third kappa shape index (κ3) is 5.81. The van der Waals surface area contributed by atoms with Crippen LogP contribution in [0, 0.1) is 0 Å². The van der Waals surface area contributed by atoms with Gasteiger partial charge < -0.3 is 15.4 Å². The molecule has 2 amide bonds. The van der Waals surface area contributed by atoms with E-state index in [0.29, 0.717) is 17.9 Å². The van der Waals surface area contributed by atoms with Crippen molar-refractivity contribution in [2.45, 2.75) is 6.54 Å². The first-order valence-corrected chi connectivity index (χ1v) is 9.00. The SMILES string of the molecule is COc1cccc(CNC(=O)Nc2ccc(NS(C)(=O)=O)cc2)c1. The van der Waals surface area contributed by atoms with Crippen LogP contribution in [0.4, 0.5) is 16.2 Å². The summed E-state index contributed by atoms with van der Waals surface area (Å²) >= 11 is 0. The smallest absolute Gasteiger partial charge is 0.319 e. The molecule has 2 rings (SSSR count). The lowest BCUT2D eigenvalue weighted by Crippen LogP contribution is -2.28. The van der Waals surface area contributed by atoms with E-state index in [9.17, 15) is 13.2 Å². The Hall–Kier alpha value is -2.74. The molecular weight excluding hydrogens is 330 g/mol. The van der Waals surface area contributed by atoms with Crippen molar-refractivity contribution >= 4 is 27.4 Å². The number of nitrogens with one attached hydrogen (secondary N) is 3. The van der Waals surface area contributed by atoms with Crippen molar-refractivity contribution in [1.82, 2.24) is 5.32 Å². The second-order valence-corrected chi connectivity index (χ2v) is 6.86. The van der Waals surface area contributed by atoms with E-state index in [-0.39, 0.29) is 6.03 Å². The largest absolute Gasteiger partial charge is 0.497 e. The summed E-state index contributed by atoms with van der Waals surface area (Å²) in [5.41, 5.74) is 1.90. The van der Waals surface area contributed by atoms with E-state index in [1.807, 2.05) is 24.3 Å². The Kier molecular flexibility index (Phi) is 5.64. The molecule has 128 valence electrons. The van der Waals surface area contributed by atoms with Gasteiger partial charge in [0.05, 0.1) is 13.4 Å². The Balaban J connectivity index is 1.87. The molecule has 0 unspecified atom stereocenters. The summed E-state index contributed by atoms with van der Waals surface area (Å²) in [4.78, 5) is 11.9. The fourth-order valence-corrected chi connectivity index (χ4v) is 2.54. The summed E-state index contributed by atoms with van der Waals surface area (Å²) in [7, 11) is -1.73. The molecule has 0 aromatic heterocycles. The van der Waals surface area contributed by atoms with Gasteiger partial charge in [-0.2, -0.15) is 0 Å². The van der Waals surface area contributed by atoms with E-state index < -0.39 is 10.0 Å². The van der Waals surface area contributed by atoms with Crippen molar-refractivity contribution in [3.8, 4) is 5.75 Å². The third-order valence-corrected chi connectivity index (χ3v) is 3.64. The number of benzene rings is 2. The zero-order valence-electron chi connectivity index (χ0n) is 13.4. The minimum atomic E-state index is -3.32. The van der Waals surface area contributed by atoms with E-state index in [4.69, 9.17) is 4.74 Å². The second-order valence-electron chi connectivity index (χ2n) is 5.11. The number of ether oxygens (including phenoxy) is 1. The zero-order chi connectivity index (χ0) is 17.6. The Morgan fingerprint density at radius 1 is 1.08 bits per heavy atom. The standard InChI is InChI=1S/C16H19N3O4S/c1-23-15-5-3-4-12(10-15)11-17-16(20)18-13-6-8-14(9-7-13)19-24(2,21)22/h3-10,19H,11H2,1-2H3,(H2,17,18,20). The number of carbonyl (C=O) groups is 1. The van der Waals surface area contributed by atoms with Crippen LogP contribution in [0.25, 0.3) is 0 Å². The molecule has 0 atom stereocenters. The van der Waals surface area contributed by atoms with Crippen LogP contribution in [0.2, 0.25) is 0 Å². The predicted octanol–water partition coefficient (Wildman–Crippen LogP) is 2.39. The molecule has 2 aromatic rings. The third-order valence-electron chi connectivity index (χ3n) is 3.03. The number of methoxy groups -OCH3 is 1. The molecule has 0 bridgehead atoms. The summed E-state index contributed by atoms with van der Waals surface area (Å²) in [6, 6.07) is 13.4. The number of sulfonamides is 1. The van der Waals surface area contributed by atoms with Gasteiger partial charge in [0, 0.05) is 17.9 Å². The first kappa shape index (κ1) is 17.6. The van der Waals surface area contributed by atoms with E-state index in [1.54, 1.807) is 31.4 Å². The Morgan fingerprint density at radius 3 is 2.38 bits per heavy atom. The molecule has 0 aliphatic heterocycles. The maximum Gasteiger partial charge on any atom is 0.319 e. The minimum absolute atomic E-state index is 0.358. The van der Waals surface area contributed by atoms with Crippen molar-refractivity contribution in [3.63, 3.8) is 0 Å². The average Bonchev–Trinajstić information content (AvgIpc) is 2.54. The zero-order valence-corrected chi connectivity index (χ0v) is 14.2. The summed E-state index contributed by atoms with van der Waals surface area (Å²) < 4.78 is 29.7. The van der Waals surface area contributed by atoms with Crippen LogP contribution in [0.1, 0.15) is 5.56 Å². The highest BCUT2D eigenvalue weighted by atomic mass is 32.2. The molecule has 0 heterocycles. The quantitative estimate of drug-likeness (QED) is 0.746. The van der Waals surface area contributed by atoms with Gasteiger partial charge in [0.15, 0.2) is 0 Å². The lowest BCUT2D eigenvalue weighted by Gasteiger charge is -2.09. The molecule has 0 saturated carbocycles. The highest BCUT2D eigenvalue weighted by molar-refractivity contribution is 7.92. The van der Waals surface area contributed by atoms with Gasteiger partial charge in [0.25, 0.3) is 0 Å². The molecule has 0 radical (unpaired) electrons. The highest BCUT2D eigenvalue weighted by Gasteiger charge is 2.04. The van der Waals surface area contributed by atoms with E-state index >= 15 is 0 Å². The summed E-state index contributed by atoms with van der Waals surface area (Å²) in [6.45, 7) is 0.358. The van der Waals surface area contributed by atoms with E-state index in [1.165, 1.54) is 0 Å². The van der Waals surface area contributed by atoms with Gasteiger partial charge in [-0.1, -0.05) is 12.1 Å². The molecule has 3 N–H and O–H groups in total. The average molecular weight is 349 g/mol. The molecular formula is C16H19N3O4S.